The fraction of sp³-hybridized carbons (Fsp3) is 0.217. The molecule has 0 unspecified atom stereocenters. The van der Waals surface area contributed by atoms with Crippen molar-refractivity contribution in [3.8, 4) is 16.5 Å². The number of carbonyl (C=O) groups excluding carboxylic acids is 1. The zero-order valence-corrected chi connectivity index (χ0v) is 19.6. The highest BCUT2D eigenvalue weighted by molar-refractivity contribution is 7.99. The van der Waals surface area contributed by atoms with Crippen molar-refractivity contribution in [1.29, 1.82) is 0 Å². The number of thiophene rings is 1. The van der Waals surface area contributed by atoms with Gasteiger partial charge in [-0.25, -0.2) is 4.98 Å². The first kappa shape index (κ1) is 22.0. The number of anilines is 1. The number of aromatic amines is 1. The minimum Gasteiger partial charge on any atom is -0.306 e. The maximum atomic E-state index is 13.2. The Labute approximate surface area is 193 Å². The minimum atomic E-state index is -0.270. The van der Waals surface area contributed by atoms with Gasteiger partial charge in [-0.1, -0.05) is 39.0 Å². The lowest BCUT2D eigenvalue weighted by molar-refractivity contribution is 0.102. The van der Waals surface area contributed by atoms with Crippen LogP contribution in [0.25, 0.3) is 16.5 Å². The molecule has 0 radical (unpaired) electrons. The fourth-order valence-electron chi connectivity index (χ4n) is 3.15. The Morgan fingerprint density at radius 3 is 2.75 bits per heavy atom. The van der Waals surface area contributed by atoms with Crippen LogP contribution < -0.4 is 10.9 Å². The Morgan fingerprint density at radius 1 is 1.22 bits per heavy atom. The van der Waals surface area contributed by atoms with E-state index in [1.165, 1.54) is 10.7 Å². The second kappa shape index (κ2) is 9.54. The van der Waals surface area contributed by atoms with Crippen molar-refractivity contribution in [3.05, 3.63) is 75.5 Å². The number of H-pyrrole nitrogens is 1. The molecule has 0 bridgehead atoms. The smallest absolute Gasteiger partial charge is 0.257 e. The molecule has 0 fully saturated rings. The van der Waals surface area contributed by atoms with E-state index < -0.39 is 0 Å². The molecule has 1 aromatic carbocycles. The maximum Gasteiger partial charge on any atom is 0.257 e. The molecule has 7 nitrogen and oxygen atoms in total. The van der Waals surface area contributed by atoms with Crippen LogP contribution in [-0.2, 0) is 0 Å². The van der Waals surface area contributed by atoms with E-state index in [9.17, 15) is 9.59 Å². The summed E-state index contributed by atoms with van der Waals surface area (Å²) in [5, 5.41) is 9.57. The molecule has 0 aliphatic carbocycles. The molecule has 9 heteroatoms. The zero-order chi connectivity index (χ0) is 22.7. The Morgan fingerprint density at radius 2 is 2.03 bits per heavy atom. The molecular formula is C23H23N5O2S2. The Hall–Kier alpha value is -3.17. The van der Waals surface area contributed by atoms with Gasteiger partial charge in [0.25, 0.3) is 11.5 Å². The lowest BCUT2D eigenvalue weighted by atomic mass is 10.1. The summed E-state index contributed by atoms with van der Waals surface area (Å²) in [5.41, 5.74) is 1.65. The lowest BCUT2D eigenvalue weighted by Crippen LogP contribution is -2.20. The fourth-order valence-corrected chi connectivity index (χ4v) is 4.64. The van der Waals surface area contributed by atoms with Gasteiger partial charge < -0.3 is 5.32 Å². The van der Waals surface area contributed by atoms with Crippen LogP contribution in [0.4, 0.5) is 5.82 Å². The average Bonchev–Trinajstić information content (AvgIpc) is 3.44. The van der Waals surface area contributed by atoms with Crippen LogP contribution in [0.3, 0.4) is 0 Å². The molecular weight excluding hydrogens is 442 g/mol. The SMILES string of the molecule is CCSc1ccccc1C(=O)Nc1cc(-c2cccs2)nn1-c1nc(C(C)C)cc(=O)[nH]1. The Kier molecular flexibility index (Phi) is 6.57. The predicted octanol–water partition coefficient (Wildman–Crippen LogP) is 5.17. The molecule has 0 saturated heterocycles. The van der Waals surface area contributed by atoms with E-state index in [-0.39, 0.29) is 23.3 Å². The van der Waals surface area contributed by atoms with Gasteiger partial charge in [0.1, 0.15) is 11.5 Å². The van der Waals surface area contributed by atoms with Gasteiger partial charge >= 0.3 is 0 Å². The topological polar surface area (TPSA) is 92.7 Å². The van der Waals surface area contributed by atoms with Gasteiger partial charge in [0.05, 0.1) is 16.1 Å². The second-order valence-electron chi connectivity index (χ2n) is 7.34. The van der Waals surface area contributed by atoms with Gasteiger partial charge in [0, 0.05) is 17.0 Å². The zero-order valence-electron chi connectivity index (χ0n) is 18.0. The highest BCUT2D eigenvalue weighted by atomic mass is 32.2. The molecule has 0 spiro atoms. The van der Waals surface area contributed by atoms with Gasteiger partial charge in [-0.15, -0.1) is 23.1 Å². The summed E-state index contributed by atoms with van der Waals surface area (Å²) in [5.74, 6) is 1.37. The third-order valence-electron chi connectivity index (χ3n) is 4.70. The standard InChI is InChI=1S/C23H23N5O2S2/c1-4-31-18-9-6-5-8-15(18)22(30)25-20-12-17(19-10-7-11-32-19)27-28(20)23-24-16(14(2)3)13-21(29)26-23/h5-14H,4H2,1-3H3,(H,25,30)(H,24,26,29). The van der Waals surface area contributed by atoms with Crippen LogP contribution in [0.1, 0.15) is 42.7 Å². The van der Waals surface area contributed by atoms with Crippen molar-refractivity contribution in [1.82, 2.24) is 19.7 Å². The van der Waals surface area contributed by atoms with Crippen LogP contribution in [0.2, 0.25) is 0 Å². The average molecular weight is 466 g/mol. The van der Waals surface area contributed by atoms with E-state index in [1.807, 2.05) is 56.5 Å². The van der Waals surface area contributed by atoms with Crippen molar-refractivity contribution < 1.29 is 4.79 Å². The lowest BCUT2D eigenvalue weighted by Gasteiger charge is -2.11. The summed E-state index contributed by atoms with van der Waals surface area (Å²) in [6.45, 7) is 5.99. The van der Waals surface area contributed by atoms with E-state index in [2.05, 4.69) is 20.4 Å². The summed E-state index contributed by atoms with van der Waals surface area (Å²) in [4.78, 5) is 34.6. The summed E-state index contributed by atoms with van der Waals surface area (Å²) in [6.07, 6.45) is 0. The molecule has 0 aliphatic rings. The largest absolute Gasteiger partial charge is 0.306 e. The number of nitrogens with zero attached hydrogens (tertiary/aromatic N) is 3. The number of thioether (sulfide) groups is 1. The van der Waals surface area contributed by atoms with Gasteiger partial charge in [-0.2, -0.15) is 9.78 Å². The van der Waals surface area contributed by atoms with Gasteiger partial charge in [0.15, 0.2) is 0 Å². The first-order valence-electron chi connectivity index (χ1n) is 10.2. The number of hydrogen-bond donors (Lipinski definition) is 2. The number of benzene rings is 1. The summed E-state index contributed by atoms with van der Waals surface area (Å²) in [7, 11) is 0. The van der Waals surface area contributed by atoms with Crippen molar-refractivity contribution in [2.45, 2.75) is 31.6 Å². The van der Waals surface area contributed by atoms with Crippen LogP contribution >= 0.6 is 23.1 Å². The van der Waals surface area contributed by atoms with E-state index in [0.29, 0.717) is 22.8 Å². The Balaban J connectivity index is 1.79. The van der Waals surface area contributed by atoms with Crippen LogP contribution in [-0.4, -0.2) is 31.4 Å². The van der Waals surface area contributed by atoms with Crippen LogP contribution in [0, 0.1) is 0 Å². The van der Waals surface area contributed by atoms with Crippen LogP contribution in [0.15, 0.2) is 63.6 Å². The summed E-state index contributed by atoms with van der Waals surface area (Å²) >= 11 is 3.15. The molecule has 32 heavy (non-hydrogen) atoms. The highest BCUT2D eigenvalue weighted by Gasteiger charge is 2.19. The number of nitrogens with one attached hydrogen (secondary N) is 2. The van der Waals surface area contributed by atoms with Crippen molar-refractivity contribution >= 4 is 34.8 Å². The molecule has 164 valence electrons. The normalized spacial score (nSPS) is 11.1. The number of hydrogen-bond acceptors (Lipinski definition) is 6. The van der Waals surface area contributed by atoms with Crippen molar-refractivity contribution in [2.24, 2.45) is 0 Å². The van der Waals surface area contributed by atoms with Crippen molar-refractivity contribution in [3.63, 3.8) is 0 Å². The summed E-state index contributed by atoms with van der Waals surface area (Å²) < 4.78 is 1.48. The van der Waals surface area contributed by atoms with E-state index in [0.717, 1.165) is 15.5 Å². The maximum absolute atomic E-state index is 13.2. The van der Waals surface area contributed by atoms with Gasteiger partial charge in [0.2, 0.25) is 5.95 Å². The van der Waals surface area contributed by atoms with Crippen LogP contribution in [0.5, 0.6) is 0 Å². The third-order valence-corrected chi connectivity index (χ3v) is 6.55. The quantitative estimate of drug-likeness (QED) is 0.367. The van der Waals surface area contributed by atoms with E-state index >= 15 is 0 Å². The first-order chi connectivity index (χ1) is 15.5. The molecule has 0 aliphatic heterocycles. The third kappa shape index (κ3) is 4.68. The van der Waals surface area contributed by atoms with Gasteiger partial charge in [-0.05, 0) is 35.2 Å². The molecule has 0 saturated carbocycles. The minimum absolute atomic E-state index is 0.0689. The summed E-state index contributed by atoms with van der Waals surface area (Å²) in [6, 6.07) is 14.7. The van der Waals surface area contributed by atoms with Crippen molar-refractivity contribution in [2.75, 3.05) is 11.1 Å². The molecule has 4 aromatic rings. The molecule has 1 amide bonds. The predicted molar refractivity (Wildman–Crippen MR) is 130 cm³/mol. The number of carbonyl (C=O) groups is 1. The van der Waals surface area contributed by atoms with E-state index in [1.54, 1.807) is 35.2 Å². The molecule has 3 heterocycles. The number of amides is 1. The number of aromatic nitrogens is 4. The van der Waals surface area contributed by atoms with E-state index in [4.69, 9.17) is 0 Å². The Bertz CT molecular complexity index is 1290. The molecule has 0 atom stereocenters. The number of rotatable bonds is 7. The molecule has 3 aromatic heterocycles. The monoisotopic (exact) mass is 465 g/mol. The second-order valence-corrected chi connectivity index (χ2v) is 9.59. The molecule has 2 N–H and O–H groups in total. The highest BCUT2D eigenvalue weighted by Crippen LogP contribution is 2.29. The first-order valence-corrected chi connectivity index (χ1v) is 12.1. The van der Waals surface area contributed by atoms with Gasteiger partial charge in [-0.3, -0.25) is 14.6 Å². The molecule has 4 rings (SSSR count).